The van der Waals surface area contributed by atoms with Gasteiger partial charge in [0.15, 0.2) is 0 Å². The lowest BCUT2D eigenvalue weighted by Gasteiger charge is -2.38. The van der Waals surface area contributed by atoms with Crippen molar-refractivity contribution in [3.05, 3.63) is 0 Å². The third-order valence-electron chi connectivity index (χ3n) is 3.76. The van der Waals surface area contributed by atoms with Gasteiger partial charge in [0.25, 0.3) is 0 Å². The molecular weight excluding hydrogens is 268 g/mol. The molecule has 0 heterocycles. The van der Waals surface area contributed by atoms with Crippen molar-refractivity contribution >= 4 is 24.3 Å². The molecule has 0 aromatic carbocycles. The summed E-state index contributed by atoms with van der Waals surface area (Å²) in [6, 6.07) is 0.439. The molecule has 6 heteroatoms. The number of rotatable bonds is 5. The van der Waals surface area contributed by atoms with E-state index in [9.17, 15) is 9.59 Å². The van der Waals surface area contributed by atoms with Gasteiger partial charge in [0.2, 0.25) is 5.91 Å². The van der Waals surface area contributed by atoms with E-state index in [0.717, 1.165) is 12.8 Å². The molecule has 0 atom stereocenters. The Hall–Kier alpha value is -0.810. The predicted molar refractivity (Wildman–Crippen MR) is 76.6 cm³/mol. The fourth-order valence-electron chi connectivity index (χ4n) is 2.41. The summed E-state index contributed by atoms with van der Waals surface area (Å²) >= 11 is 0. The highest BCUT2D eigenvalue weighted by molar-refractivity contribution is 5.85. The molecule has 19 heavy (non-hydrogen) atoms. The Morgan fingerprint density at radius 1 is 1.32 bits per heavy atom. The number of aliphatic carboxylic acids is 1. The largest absolute Gasteiger partial charge is 0.480 e. The van der Waals surface area contributed by atoms with E-state index < -0.39 is 5.97 Å². The van der Waals surface area contributed by atoms with Crippen molar-refractivity contribution < 1.29 is 14.7 Å². The molecule has 1 amide bonds. The molecule has 1 rings (SSSR count). The van der Waals surface area contributed by atoms with Crippen molar-refractivity contribution in [1.29, 1.82) is 0 Å². The van der Waals surface area contributed by atoms with Gasteiger partial charge >= 0.3 is 5.97 Å². The third kappa shape index (κ3) is 6.78. The number of hydrogen-bond donors (Lipinski definition) is 2. The number of likely N-dealkylation sites (N-methyl/N-ethyl adjacent to an activating group) is 1. The van der Waals surface area contributed by atoms with Crippen molar-refractivity contribution in [3.8, 4) is 0 Å². The number of nitrogens with zero attached hydrogens (tertiary/aromatic N) is 1. The molecule has 0 bridgehead atoms. The van der Waals surface area contributed by atoms with Crippen LogP contribution in [0.15, 0.2) is 0 Å². The Morgan fingerprint density at radius 2 is 1.84 bits per heavy atom. The standard InChI is InChI=1S/C13H24N2O3.ClH/c1-13(2)6-4-10(5-7-13)15(3)9-11(16)14-8-12(17)18;/h10H,4-9H2,1-3H3,(H,14,16)(H,17,18);1H. The summed E-state index contributed by atoms with van der Waals surface area (Å²) in [4.78, 5) is 23.9. The summed E-state index contributed by atoms with van der Waals surface area (Å²) in [5, 5.41) is 10.9. The fourth-order valence-corrected chi connectivity index (χ4v) is 2.41. The van der Waals surface area contributed by atoms with Crippen LogP contribution in [-0.2, 0) is 9.59 Å². The van der Waals surface area contributed by atoms with E-state index in [1.165, 1.54) is 12.8 Å². The van der Waals surface area contributed by atoms with Crippen molar-refractivity contribution in [2.24, 2.45) is 5.41 Å². The molecular formula is C13H25ClN2O3. The molecule has 0 aromatic heterocycles. The highest BCUT2D eigenvalue weighted by Gasteiger charge is 2.29. The monoisotopic (exact) mass is 292 g/mol. The number of hydrogen-bond acceptors (Lipinski definition) is 3. The fraction of sp³-hybridized carbons (Fsp3) is 0.846. The Kier molecular flexibility index (Phi) is 7.37. The summed E-state index contributed by atoms with van der Waals surface area (Å²) in [5.41, 5.74) is 0.420. The molecule has 2 N–H and O–H groups in total. The van der Waals surface area contributed by atoms with Gasteiger partial charge in [-0.05, 0) is 38.1 Å². The maximum Gasteiger partial charge on any atom is 0.322 e. The molecule has 5 nitrogen and oxygen atoms in total. The SMILES string of the molecule is CN(CC(=O)NCC(=O)O)C1CCC(C)(C)CC1.Cl. The number of nitrogens with one attached hydrogen (secondary N) is 1. The van der Waals surface area contributed by atoms with Gasteiger partial charge in [-0.2, -0.15) is 0 Å². The summed E-state index contributed by atoms with van der Waals surface area (Å²) in [5.74, 6) is -1.23. The van der Waals surface area contributed by atoms with Crippen LogP contribution in [0.3, 0.4) is 0 Å². The van der Waals surface area contributed by atoms with Gasteiger partial charge in [-0.1, -0.05) is 13.8 Å². The van der Waals surface area contributed by atoms with Gasteiger partial charge in [-0.3, -0.25) is 14.5 Å². The van der Waals surface area contributed by atoms with Gasteiger partial charge in [0.05, 0.1) is 6.54 Å². The number of amides is 1. The van der Waals surface area contributed by atoms with Crippen LogP contribution in [0, 0.1) is 5.41 Å². The van der Waals surface area contributed by atoms with E-state index in [2.05, 4.69) is 19.2 Å². The molecule has 1 fully saturated rings. The minimum atomic E-state index is -1.01. The lowest BCUT2D eigenvalue weighted by Crippen LogP contribution is -2.43. The van der Waals surface area contributed by atoms with Gasteiger partial charge in [0, 0.05) is 6.04 Å². The Labute approximate surface area is 121 Å². The van der Waals surface area contributed by atoms with Crippen LogP contribution in [0.5, 0.6) is 0 Å². The van der Waals surface area contributed by atoms with Crippen LogP contribution >= 0.6 is 12.4 Å². The summed E-state index contributed by atoms with van der Waals surface area (Å²) < 4.78 is 0. The van der Waals surface area contributed by atoms with E-state index in [1.807, 2.05) is 11.9 Å². The topological polar surface area (TPSA) is 69.6 Å². The van der Waals surface area contributed by atoms with Crippen LogP contribution in [0.2, 0.25) is 0 Å². The first-order chi connectivity index (χ1) is 8.30. The van der Waals surface area contributed by atoms with Crippen LogP contribution < -0.4 is 5.32 Å². The molecule has 0 aliphatic heterocycles. The Balaban J connectivity index is 0.00000324. The van der Waals surface area contributed by atoms with E-state index in [0.29, 0.717) is 11.5 Å². The normalized spacial score (nSPS) is 18.7. The minimum Gasteiger partial charge on any atom is -0.480 e. The first-order valence-corrected chi connectivity index (χ1v) is 6.49. The van der Waals surface area contributed by atoms with E-state index >= 15 is 0 Å². The molecule has 112 valence electrons. The Bertz CT molecular complexity index is 311. The zero-order valence-electron chi connectivity index (χ0n) is 11.9. The number of carboxylic acid groups (broad SMARTS) is 1. The number of halogens is 1. The molecule has 0 unspecified atom stereocenters. The molecule has 1 saturated carbocycles. The Morgan fingerprint density at radius 3 is 2.32 bits per heavy atom. The average molecular weight is 293 g/mol. The van der Waals surface area contributed by atoms with Crippen LogP contribution in [0.1, 0.15) is 39.5 Å². The molecule has 1 aliphatic carbocycles. The number of carboxylic acids is 1. The van der Waals surface area contributed by atoms with Crippen LogP contribution in [-0.4, -0.2) is 48.1 Å². The lowest BCUT2D eigenvalue weighted by molar-refractivity contribution is -0.138. The van der Waals surface area contributed by atoms with Crippen molar-refractivity contribution in [2.75, 3.05) is 20.1 Å². The van der Waals surface area contributed by atoms with Crippen LogP contribution in [0.25, 0.3) is 0 Å². The van der Waals surface area contributed by atoms with E-state index in [4.69, 9.17) is 5.11 Å². The number of carbonyl (C=O) groups excluding carboxylic acids is 1. The summed E-state index contributed by atoms with van der Waals surface area (Å²) in [6.07, 6.45) is 4.57. The predicted octanol–water partition coefficient (Wildman–Crippen LogP) is 1.51. The second kappa shape index (κ2) is 7.70. The van der Waals surface area contributed by atoms with Gasteiger partial charge in [-0.25, -0.2) is 0 Å². The second-order valence-electron chi connectivity index (χ2n) is 5.98. The van der Waals surface area contributed by atoms with Gasteiger partial charge < -0.3 is 10.4 Å². The maximum absolute atomic E-state index is 11.5. The highest BCUT2D eigenvalue weighted by atomic mass is 35.5. The van der Waals surface area contributed by atoms with E-state index in [1.54, 1.807) is 0 Å². The summed E-state index contributed by atoms with van der Waals surface area (Å²) in [7, 11) is 1.93. The van der Waals surface area contributed by atoms with Crippen LogP contribution in [0.4, 0.5) is 0 Å². The van der Waals surface area contributed by atoms with E-state index in [-0.39, 0.29) is 31.4 Å². The molecule has 0 spiro atoms. The minimum absolute atomic E-state index is 0. The molecule has 1 aliphatic rings. The third-order valence-corrected chi connectivity index (χ3v) is 3.76. The molecule has 0 radical (unpaired) electrons. The highest BCUT2D eigenvalue weighted by Crippen LogP contribution is 2.36. The van der Waals surface area contributed by atoms with Crippen molar-refractivity contribution in [3.63, 3.8) is 0 Å². The first-order valence-electron chi connectivity index (χ1n) is 6.49. The van der Waals surface area contributed by atoms with Gasteiger partial charge in [-0.15, -0.1) is 12.4 Å². The number of carbonyl (C=O) groups is 2. The van der Waals surface area contributed by atoms with Crippen molar-refractivity contribution in [2.45, 2.75) is 45.6 Å². The molecule has 0 aromatic rings. The lowest BCUT2D eigenvalue weighted by atomic mass is 9.75. The average Bonchev–Trinajstić information content (AvgIpc) is 2.26. The summed E-state index contributed by atoms with van der Waals surface area (Å²) in [6.45, 7) is 4.54. The second-order valence-corrected chi connectivity index (χ2v) is 5.98. The zero-order chi connectivity index (χ0) is 13.8. The van der Waals surface area contributed by atoms with Crippen molar-refractivity contribution in [1.82, 2.24) is 10.2 Å². The smallest absolute Gasteiger partial charge is 0.322 e. The maximum atomic E-state index is 11.5. The quantitative estimate of drug-likeness (QED) is 0.806. The van der Waals surface area contributed by atoms with Gasteiger partial charge in [0.1, 0.15) is 6.54 Å². The molecule has 0 saturated heterocycles. The zero-order valence-corrected chi connectivity index (χ0v) is 12.8. The first kappa shape index (κ1) is 18.2.